The average molecular weight is 166 g/mol. The second-order valence-electron chi connectivity index (χ2n) is 3.59. The van der Waals surface area contributed by atoms with E-state index in [0.29, 0.717) is 0 Å². The lowest BCUT2D eigenvalue weighted by atomic mass is 10.0. The van der Waals surface area contributed by atoms with Gasteiger partial charge in [0.1, 0.15) is 0 Å². The Morgan fingerprint density at radius 1 is 0.692 bits per heavy atom. The molecule has 0 spiro atoms. The van der Waals surface area contributed by atoms with Crippen LogP contribution in [0.15, 0.2) is 42.5 Å². The molecule has 1 aliphatic rings. The molecule has 0 unspecified atom stereocenters. The van der Waals surface area contributed by atoms with Crippen LogP contribution in [-0.2, 0) is 0 Å². The summed E-state index contributed by atoms with van der Waals surface area (Å²) in [5, 5.41) is 5.62. The second kappa shape index (κ2) is 2.23. The third kappa shape index (κ3) is 0.803. The summed E-state index contributed by atoms with van der Waals surface area (Å²) in [6.07, 6.45) is 0. The van der Waals surface area contributed by atoms with E-state index >= 15 is 0 Å². The molecule has 3 rings (SSSR count). The van der Waals surface area contributed by atoms with Crippen LogP contribution in [-0.4, -0.2) is 0 Å². The predicted molar refractivity (Wildman–Crippen MR) is 53.0 cm³/mol. The second-order valence-corrected chi connectivity index (χ2v) is 3.59. The van der Waals surface area contributed by atoms with Gasteiger partial charge in [-0.25, -0.2) is 0 Å². The summed E-state index contributed by atoms with van der Waals surface area (Å²) in [6.45, 7) is 2.14. The molecule has 0 amide bonds. The Bertz CT molecular complexity index is 651. The maximum Gasteiger partial charge on any atom is -0.00963 e. The van der Waals surface area contributed by atoms with Crippen LogP contribution in [0.3, 0.4) is 0 Å². The smallest absolute Gasteiger partial charge is 0.00963 e. The third-order valence-corrected chi connectivity index (χ3v) is 2.68. The van der Waals surface area contributed by atoms with Gasteiger partial charge in [-0.15, -0.1) is 0 Å². The molecule has 0 fully saturated rings. The van der Waals surface area contributed by atoms with Crippen molar-refractivity contribution in [2.75, 3.05) is 0 Å². The molecule has 0 saturated carbocycles. The van der Waals surface area contributed by atoms with Crippen molar-refractivity contribution in [1.82, 2.24) is 0 Å². The summed E-state index contributed by atoms with van der Waals surface area (Å²) in [7, 11) is 0. The minimum Gasteiger partial charge on any atom is -0.0616 e. The quantitative estimate of drug-likeness (QED) is 0.481. The fourth-order valence-electron chi connectivity index (χ4n) is 2.01. The van der Waals surface area contributed by atoms with Gasteiger partial charge in [0.15, 0.2) is 0 Å². The molecule has 0 radical (unpaired) electrons. The van der Waals surface area contributed by atoms with Crippen molar-refractivity contribution < 1.29 is 0 Å². The molecule has 2 aromatic rings. The van der Waals surface area contributed by atoms with Crippen molar-refractivity contribution in [3.05, 3.63) is 68.9 Å². The molecule has 0 heteroatoms. The molecule has 0 aliphatic heterocycles. The highest BCUT2D eigenvalue weighted by Gasteiger charge is 1.99. The van der Waals surface area contributed by atoms with Gasteiger partial charge in [-0.2, -0.15) is 0 Å². The molecule has 0 bridgehead atoms. The van der Waals surface area contributed by atoms with Crippen LogP contribution in [0.2, 0.25) is 0 Å². The van der Waals surface area contributed by atoms with E-state index in [-0.39, 0.29) is 0 Å². The van der Waals surface area contributed by atoms with E-state index < -0.39 is 0 Å². The predicted octanol–water partition coefficient (Wildman–Crippen LogP) is 2.88. The summed E-state index contributed by atoms with van der Waals surface area (Å²) in [5.41, 5.74) is 1.34. The number of benzene rings is 2. The standard InChI is InChI=1S/C13H10/c1-9-6-7-12-10-4-2-3-5-11(10)13(12)8-9/h2-8H,1H3. The minimum atomic E-state index is 1.34. The highest BCUT2D eigenvalue weighted by atomic mass is 14.0. The molecule has 62 valence electrons. The number of hydrogen-bond donors (Lipinski definition) is 0. The summed E-state index contributed by atoms with van der Waals surface area (Å²) in [5.74, 6) is 0. The summed E-state index contributed by atoms with van der Waals surface area (Å²) in [4.78, 5) is 0. The molecule has 0 aromatic heterocycles. The zero-order valence-electron chi connectivity index (χ0n) is 7.54. The SMILES string of the molecule is Cc1ccc2c(c1)=c1ccccc1=2. The lowest BCUT2D eigenvalue weighted by molar-refractivity contribution is 1.26. The third-order valence-electron chi connectivity index (χ3n) is 2.68. The van der Waals surface area contributed by atoms with Gasteiger partial charge in [0, 0.05) is 0 Å². The van der Waals surface area contributed by atoms with Crippen molar-refractivity contribution in [2.24, 2.45) is 0 Å². The zero-order valence-corrected chi connectivity index (χ0v) is 7.54. The normalized spacial score (nSPS) is 11.5. The minimum absolute atomic E-state index is 1.34. The molecular formula is C13H10. The van der Waals surface area contributed by atoms with Crippen LogP contribution in [0.4, 0.5) is 0 Å². The number of hydrogen-bond acceptors (Lipinski definition) is 0. The van der Waals surface area contributed by atoms with E-state index in [4.69, 9.17) is 0 Å². The van der Waals surface area contributed by atoms with Gasteiger partial charge in [0.2, 0.25) is 0 Å². The maximum absolute atomic E-state index is 2.26. The van der Waals surface area contributed by atoms with E-state index in [2.05, 4.69) is 49.4 Å². The van der Waals surface area contributed by atoms with Crippen molar-refractivity contribution >= 4 is 0 Å². The van der Waals surface area contributed by atoms with E-state index in [9.17, 15) is 0 Å². The van der Waals surface area contributed by atoms with Crippen molar-refractivity contribution in [3.63, 3.8) is 0 Å². The fourth-order valence-corrected chi connectivity index (χ4v) is 2.01. The molecule has 2 aromatic carbocycles. The molecule has 1 aliphatic carbocycles. The van der Waals surface area contributed by atoms with Crippen molar-refractivity contribution in [1.29, 1.82) is 0 Å². The summed E-state index contributed by atoms with van der Waals surface area (Å²) >= 11 is 0. The number of rotatable bonds is 0. The van der Waals surface area contributed by atoms with Crippen LogP contribution < -0.4 is 0 Å². The Morgan fingerprint density at radius 2 is 1.31 bits per heavy atom. The van der Waals surface area contributed by atoms with Gasteiger partial charge in [0.25, 0.3) is 0 Å². The van der Waals surface area contributed by atoms with Gasteiger partial charge in [-0.3, -0.25) is 0 Å². The molecular weight excluding hydrogens is 156 g/mol. The topological polar surface area (TPSA) is 0 Å². The Morgan fingerprint density at radius 3 is 2.08 bits per heavy atom. The molecule has 0 atom stereocenters. The van der Waals surface area contributed by atoms with Crippen LogP contribution in [0.1, 0.15) is 5.56 Å². The van der Waals surface area contributed by atoms with Gasteiger partial charge in [-0.1, -0.05) is 48.0 Å². The Hall–Kier alpha value is -1.56. The largest absolute Gasteiger partial charge is 0.0616 e. The molecule has 0 N–H and O–H groups in total. The molecule has 0 nitrogen and oxygen atoms in total. The zero-order chi connectivity index (χ0) is 8.84. The van der Waals surface area contributed by atoms with Gasteiger partial charge < -0.3 is 0 Å². The van der Waals surface area contributed by atoms with E-state index in [1.54, 1.807) is 0 Å². The Kier molecular flexibility index (Phi) is 1.18. The van der Waals surface area contributed by atoms with E-state index in [1.165, 1.54) is 26.4 Å². The van der Waals surface area contributed by atoms with Gasteiger partial charge in [0.05, 0.1) is 0 Å². The van der Waals surface area contributed by atoms with E-state index in [0.717, 1.165) is 0 Å². The summed E-state index contributed by atoms with van der Waals surface area (Å²) in [6, 6.07) is 15.2. The first-order valence-corrected chi connectivity index (χ1v) is 4.57. The first-order valence-electron chi connectivity index (χ1n) is 4.57. The van der Waals surface area contributed by atoms with E-state index in [1.807, 2.05) is 0 Å². The molecule has 13 heavy (non-hydrogen) atoms. The average Bonchev–Trinajstić information content (AvgIpc) is 2.15. The number of aryl methyl sites for hydroxylation is 1. The number of fused-ring (bicyclic) bond motifs is 2. The van der Waals surface area contributed by atoms with Gasteiger partial charge >= 0.3 is 0 Å². The highest BCUT2D eigenvalue weighted by Crippen LogP contribution is 2.13. The lowest BCUT2D eigenvalue weighted by Crippen LogP contribution is -1.90. The van der Waals surface area contributed by atoms with Gasteiger partial charge in [-0.05, 0) is 27.8 Å². The van der Waals surface area contributed by atoms with Crippen LogP contribution in [0.25, 0.3) is 0 Å². The van der Waals surface area contributed by atoms with Crippen molar-refractivity contribution in [3.8, 4) is 0 Å². The summed E-state index contributed by atoms with van der Waals surface area (Å²) < 4.78 is 0. The fraction of sp³-hybridized carbons (Fsp3) is 0.0769. The monoisotopic (exact) mass is 166 g/mol. The van der Waals surface area contributed by atoms with Crippen molar-refractivity contribution in [2.45, 2.75) is 6.92 Å². The maximum atomic E-state index is 2.26. The lowest BCUT2D eigenvalue weighted by Gasteiger charge is -2.04. The Balaban J connectivity index is 2.65. The molecule has 0 saturated heterocycles. The van der Waals surface area contributed by atoms with Crippen LogP contribution in [0, 0.1) is 27.8 Å². The highest BCUT2D eigenvalue weighted by molar-refractivity contribution is 5.31. The van der Waals surface area contributed by atoms with Crippen LogP contribution in [0.5, 0.6) is 0 Å². The first-order chi connectivity index (χ1) is 6.36. The molecule has 0 heterocycles. The Labute approximate surface area is 76.5 Å². The van der Waals surface area contributed by atoms with Crippen LogP contribution >= 0.6 is 0 Å². The first kappa shape index (κ1) is 6.90.